The molecule has 3 aromatic rings. The van der Waals surface area contributed by atoms with Gasteiger partial charge in [-0.3, -0.25) is 9.59 Å². The van der Waals surface area contributed by atoms with Crippen LogP contribution in [0.2, 0.25) is 0 Å². The first-order valence-corrected chi connectivity index (χ1v) is 9.89. The highest BCUT2D eigenvalue weighted by atomic mass is 16.3. The first kappa shape index (κ1) is 16.5. The highest BCUT2D eigenvalue weighted by Gasteiger charge is 2.69. The Hall–Kier alpha value is -3.40. The van der Waals surface area contributed by atoms with E-state index in [4.69, 9.17) is 0 Å². The molecule has 4 nitrogen and oxygen atoms in total. The molecule has 2 atom stereocenters. The van der Waals surface area contributed by atoms with Crippen LogP contribution in [0, 0.1) is 11.3 Å². The Morgan fingerprint density at radius 3 is 1.90 bits per heavy atom. The second-order valence-electron chi connectivity index (χ2n) is 8.40. The molecule has 29 heavy (non-hydrogen) atoms. The minimum absolute atomic E-state index is 0.0566. The number of nitrogens with zero attached hydrogens (tertiary/aromatic N) is 1. The van der Waals surface area contributed by atoms with E-state index < -0.39 is 11.3 Å². The fourth-order valence-corrected chi connectivity index (χ4v) is 6.00. The van der Waals surface area contributed by atoms with Crippen LogP contribution in [0.3, 0.4) is 0 Å². The number of anilines is 1. The minimum Gasteiger partial charge on any atom is -0.506 e. The molecule has 3 aliphatic carbocycles. The number of para-hydroxylation sites is 2. The summed E-state index contributed by atoms with van der Waals surface area (Å²) in [6.07, 6.45) is 0. The summed E-state index contributed by atoms with van der Waals surface area (Å²) in [5.74, 6) is -1.34. The van der Waals surface area contributed by atoms with Gasteiger partial charge in [-0.25, -0.2) is 4.90 Å². The maximum absolute atomic E-state index is 13.8. The first-order valence-electron chi connectivity index (χ1n) is 9.89. The van der Waals surface area contributed by atoms with Crippen molar-refractivity contribution in [1.29, 1.82) is 0 Å². The van der Waals surface area contributed by atoms with Crippen LogP contribution in [0.25, 0.3) is 0 Å². The zero-order valence-electron chi connectivity index (χ0n) is 15.9. The number of imide groups is 1. The lowest BCUT2D eigenvalue weighted by molar-refractivity contribution is -0.128. The standard InChI is InChI=1S/C25H19NO3/c1-25-21-16-10-4-2-8-14(16)20(15-9-3-5-11-17(15)21)22(25)23(28)26(24(25)29)18-12-6-7-13-19(18)27/h2-13,20-22,27H,1H3/t20?,21?,22-,25-/m0/s1. The van der Waals surface area contributed by atoms with Gasteiger partial charge in [-0.1, -0.05) is 60.7 Å². The molecule has 142 valence electrons. The molecule has 0 aromatic heterocycles. The Kier molecular flexibility index (Phi) is 3.05. The Bertz CT molecular complexity index is 1170. The summed E-state index contributed by atoms with van der Waals surface area (Å²) in [6.45, 7) is 1.93. The molecule has 0 spiro atoms. The monoisotopic (exact) mass is 381 g/mol. The topological polar surface area (TPSA) is 57.6 Å². The average Bonchev–Trinajstić information content (AvgIpc) is 2.95. The molecule has 1 saturated heterocycles. The van der Waals surface area contributed by atoms with Gasteiger partial charge in [-0.05, 0) is 41.3 Å². The van der Waals surface area contributed by atoms with Crippen LogP contribution in [-0.2, 0) is 9.59 Å². The van der Waals surface area contributed by atoms with Gasteiger partial charge in [0.1, 0.15) is 5.75 Å². The summed E-state index contributed by atoms with van der Waals surface area (Å²) < 4.78 is 0. The van der Waals surface area contributed by atoms with Crippen LogP contribution in [0.15, 0.2) is 72.8 Å². The molecule has 0 radical (unpaired) electrons. The molecule has 3 aromatic carbocycles. The van der Waals surface area contributed by atoms with Gasteiger partial charge in [0.2, 0.25) is 11.8 Å². The summed E-state index contributed by atoms with van der Waals surface area (Å²) in [5.41, 5.74) is 3.93. The fraction of sp³-hybridized carbons (Fsp3) is 0.200. The summed E-state index contributed by atoms with van der Waals surface area (Å²) in [6, 6.07) is 22.9. The van der Waals surface area contributed by atoms with Crippen molar-refractivity contribution >= 4 is 17.5 Å². The Morgan fingerprint density at radius 1 is 0.793 bits per heavy atom. The van der Waals surface area contributed by atoms with E-state index in [0.29, 0.717) is 0 Å². The number of phenolic OH excluding ortho intramolecular Hbond substituents is 1. The number of amides is 2. The van der Waals surface area contributed by atoms with Gasteiger partial charge in [0.05, 0.1) is 17.0 Å². The van der Waals surface area contributed by atoms with Crippen LogP contribution in [-0.4, -0.2) is 16.9 Å². The summed E-state index contributed by atoms with van der Waals surface area (Å²) >= 11 is 0. The normalized spacial score (nSPS) is 28.9. The van der Waals surface area contributed by atoms with Crippen molar-refractivity contribution in [3.8, 4) is 5.75 Å². The van der Waals surface area contributed by atoms with E-state index in [0.717, 1.165) is 22.3 Å². The van der Waals surface area contributed by atoms with Gasteiger partial charge in [0.15, 0.2) is 0 Å². The van der Waals surface area contributed by atoms with Crippen molar-refractivity contribution in [2.45, 2.75) is 18.8 Å². The lowest BCUT2D eigenvalue weighted by atomic mass is 9.48. The van der Waals surface area contributed by atoms with E-state index >= 15 is 0 Å². The molecule has 1 heterocycles. The molecule has 7 rings (SSSR count). The van der Waals surface area contributed by atoms with Crippen molar-refractivity contribution in [2.24, 2.45) is 11.3 Å². The van der Waals surface area contributed by atoms with Crippen LogP contribution < -0.4 is 4.90 Å². The molecular formula is C25H19NO3. The number of hydrogen-bond acceptors (Lipinski definition) is 3. The van der Waals surface area contributed by atoms with Crippen molar-refractivity contribution in [2.75, 3.05) is 4.90 Å². The highest BCUT2D eigenvalue weighted by Crippen LogP contribution is 2.67. The van der Waals surface area contributed by atoms with Crippen molar-refractivity contribution in [3.05, 3.63) is 95.1 Å². The summed E-state index contributed by atoms with van der Waals surface area (Å²) in [4.78, 5) is 28.8. The van der Waals surface area contributed by atoms with Gasteiger partial charge < -0.3 is 5.11 Å². The molecule has 1 N–H and O–H groups in total. The largest absolute Gasteiger partial charge is 0.506 e. The number of aromatic hydroxyl groups is 1. The third-order valence-corrected chi connectivity index (χ3v) is 7.14. The third kappa shape index (κ3) is 1.80. The van der Waals surface area contributed by atoms with E-state index in [1.807, 2.05) is 31.2 Å². The molecule has 2 amide bonds. The number of rotatable bonds is 1. The Labute approximate surface area is 168 Å². The van der Waals surface area contributed by atoms with Crippen LogP contribution in [0.4, 0.5) is 5.69 Å². The second-order valence-corrected chi connectivity index (χ2v) is 8.40. The Balaban J connectivity index is 1.64. The quantitative estimate of drug-likeness (QED) is 0.644. The predicted molar refractivity (Wildman–Crippen MR) is 109 cm³/mol. The van der Waals surface area contributed by atoms with Gasteiger partial charge in [-0.2, -0.15) is 0 Å². The zero-order valence-corrected chi connectivity index (χ0v) is 15.9. The van der Waals surface area contributed by atoms with Crippen LogP contribution in [0.5, 0.6) is 5.75 Å². The van der Waals surface area contributed by atoms with Crippen LogP contribution >= 0.6 is 0 Å². The average molecular weight is 381 g/mol. The fourth-order valence-electron chi connectivity index (χ4n) is 6.00. The van der Waals surface area contributed by atoms with E-state index in [1.165, 1.54) is 11.0 Å². The maximum atomic E-state index is 13.8. The molecular weight excluding hydrogens is 362 g/mol. The third-order valence-electron chi connectivity index (χ3n) is 7.14. The predicted octanol–water partition coefficient (Wildman–Crippen LogP) is 4.18. The summed E-state index contributed by atoms with van der Waals surface area (Å²) in [7, 11) is 0. The van der Waals surface area contributed by atoms with Gasteiger partial charge in [0, 0.05) is 11.8 Å². The number of carbonyl (C=O) groups excluding carboxylic acids is 2. The second kappa shape index (κ2) is 5.35. The number of hydrogen-bond donors (Lipinski definition) is 1. The highest BCUT2D eigenvalue weighted by molar-refractivity contribution is 6.25. The first-order chi connectivity index (χ1) is 14.0. The zero-order chi connectivity index (χ0) is 19.9. The van der Waals surface area contributed by atoms with Gasteiger partial charge >= 0.3 is 0 Å². The Morgan fingerprint density at radius 2 is 1.31 bits per heavy atom. The van der Waals surface area contributed by atoms with Gasteiger partial charge in [0.25, 0.3) is 0 Å². The number of carbonyl (C=O) groups is 2. The smallest absolute Gasteiger partial charge is 0.241 e. The lowest BCUT2D eigenvalue weighted by Crippen LogP contribution is -2.49. The molecule has 2 bridgehead atoms. The molecule has 4 aliphatic rings. The van der Waals surface area contributed by atoms with Crippen LogP contribution in [0.1, 0.15) is 41.0 Å². The van der Waals surface area contributed by atoms with E-state index in [1.54, 1.807) is 18.2 Å². The molecule has 4 heteroatoms. The molecule has 0 unspecified atom stereocenters. The lowest BCUT2D eigenvalue weighted by Gasteiger charge is -2.51. The van der Waals surface area contributed by atoms with E-state index in [-0.39, 0.29) is 35.1 Å². The minimum atomic E-state index is -0.882. The van der Waals surface area contributed by atoms with Crippen molar-refractivity contribution < 1.29 is 14.7 Å². The SMILES string of the molecule is C[C@@]12C(=O)N(c3ccccc3O)C(=O)[C@@H]1C1c3ccccc3C2c2ccccc21. The van der Waals surface area contributed by atoms with Gasteiger partial charge in [-0.15, -0.1) is 0 Å². The number of benzene rings is 3. The van der Waals surface area contributed by atoms with Crippen molar-refractivity contribution in [1.82, 2.24) is 0 Å². The molecule has 0 saturated carbocycles. The number of phenols is 1. The van der Waals surface area contributed by atoms with E-state index in [9.17, 15) is 14.7 Å². The maximum Gasteiger partial charge on any atom is 0.241 e. The summed E-state index contributed by atoms with van der Waals surface area (Å²) in [5, 5.41) is 10.4. The van der Waals surface area contributed by atoms with E-state index in [2.05, 4.69) is 24.3 Å². The molecule has 1 fully saturated rings. The molecule has 1 aliphatic heterocycles. The van der Waals surface area contributed by atoms with Crippen molar-refractivity contribution in [3.63, 3.8) is 0 Å².